The number of methoxy groups -OCH3 is 2. The number of ether oxygens (including phenoxy) is 2. The van der Waals surface area contributed by atoms with Crippen LogP contribution in [0.25, 0.3) is 10.9 Å². The van der Waals surface area contributed by atoms with Crippen LogP contribution in [0.15, 0.2) is 48.7 Å². The number of nitrogens with zero attached hydrogens (tertiary/aromatic N) is 2. The van der Waals surface area contributed by atoms with Gasteiger partial charge in [0.2, 0.25) is 0 Å². The van der Waals surface area contributed by atoms with Crippen molar-refractivity contribution >= 4 is 16.9 Å². The van der Waals surface area contributed by atoms with Crippen molar-refractivity contribution in [1.29, 1.82) is 0 Å². The van der Waals surface area contributed by atoms with E-state index in [1.165, 1.54) is 7.11 Å². The molecule has 0 aliphatic heterocycles. The van der Waals surface area contributed by atoms with Gasteiger partial charge in [0.05, 0.1) is 14.2 Å². The van der Waals surface area contributed by atoms with Gasteiger partial charge >= 0.3 is 5.97 Å². The minimum absolute atomic E-state index is 0.169. The van der Waals surface area contributed by atoms with E-state index < -0.39 is 5.97 Å². The van der Waals surface area contributed by atoms with E-state index in [9.17, 15) is 9.90 Å². The molecule has 1 N–H and O–H groups in total. The van der Waals surface area contributed by atoms with Crippen LogP contribution in [0.4, 0.5) is 0 Å². The minimum Gasteiger partial charge on any atom is -0.496 e. The lowest BCUT2D eigenvalue weighted by atomic mass is 10.1. The van der Waals surface area contributed by atoms with Gasteiger partial charge in [-0.05, 0) is 42.4 Å². The molecule has 3 aromatic rings. The van der Waals surface area contributed by atoms with Crippen LogP contribution < -0.4 is 9.47 Å². The second-order valence-electron chi connectivity index (χ2n) is 6.34. The fourth-order valence-corrected chi connectivity index (χ4v) is 3.19. The Balaban J connectivity index is 1.83. The van der Waals surface area contributed by atoms with Crippen LogP contribution in [0.5, 0.6) is 11.5 Å². The second kappa shape index (κ2) is 8.05. The van der Waals surface area contributed by atoms with Gasteiger partial charge in [-0.15, -0.1) is 0 Å². The number of benzene rings is 2. The molecule has 0 aliphatic rings. The zero-order valence-electron chi connectivity index (χ0n) is 15.6. The molecule has 27 heavy (non-hydrogen) atoms. The van der Waals surface area contributed by atoms with Crippen LogP contribution in [0, 0.1) is 0 Å². The smallest absolute Gasteiger partial charge is 0.339 e. The fraction of sp³-hybridized carbons (Fsp3) is 0.238. The van der Waals surface area contributed by atoms with E-state index in [0.717, 1.165) is 27.8 Å². The third kappa shape index (κ3) is 4.01. The summed E-state index contributed by atoms with van der Waals surface area (Å²) in [5.41, 5.74) is 3.05. The number of carbonyl (C=O) groups is 1. The molecule has 0 saturated carbocycles. The Bertz CT molecular complexity index is 972. The molecule has 0 saturated heterocycles. The van der Waals surface area contributed by atoms with Crippen molar-refractivity contribution in [3.8, 4) is 11.5 Å². The van der Waals surface area contributed by atoms with Crippen LogP contribution in [0.3, 0.4) is 0 Å². The Morgan fingerprint density at radius 3 is 2.52 bits per heavy atom. The monoisotopic (exact) mass is 366 g/mol. The van der Waals surface area contributed by atoms with Gasteiger partial charge in [0.25, 0.3) is 0 Å². The highest BCUT2D eigenvalue weighted by Crippen LogP contribution is 2.27. The summed E-state index contributed by atoms with van der Waals surface area (Å²) in [5, 5.41) is 10.4. The van der Waals surface area contributed by atoms with Crippen LogP contribution in [0.1, 0.15) is 21.5 Å². The van der Waals surface area contributed by atoms with Gasteiger partial charge in [0, 0.05) is 24.7 Å². The van der Waals surface area contributed by atoms with Gasteiger partial charge in [-0.2, -0.15) is 0 Å². The van der Waals surface area contributed by atoms with Crippen molar-refractivity contribution in [1.82, 2.24) is 9.88 Å². The SMILES string of the molecule is COc1ccc(CN(C)Cc2ccc(OC)c3ncccc23)cc1C(=O)O. The number of pyridine rings is 1. The van der Waals surface area contributed by atoms with E-state index in [4.69, 9.17) is 9.47 Å². The quantitative estimate of drug-likeness (QED) is 0.689. The van der Waals surface area contributed by atoms with Crippen molar-refractivity contribution in [2.24, 2.45) is 0 Å². The number of rotatable bonds is 7. The van der Waals surface area contributed by atoms with Crippen molar-refractivity contribution < 1.29 is 19.4 Å². The maximum absolute atomic E-state index is 11.4. The number of aromatic nitrogens is 1. The molecule has 0 radical (unpaired) electrons. The van der Waals surface area contributed by atoms with Crippen molar-refractivity contribution in [3.05, 3.63) is 65.4 Å². The van der Waals surface area contributed by atoms with E-state index in [0.29, 0.717) is 18.8 Å². The third-order valence-corrected chi connectivity index (χ3v) is 4.43. The van der Waals surface area contributed by atoms with E-state index >= 15 is 0 Å². The number of fused-ring (bicyclic) bond motifs is 1. The number of carboxylic acids is 1. The summed E-state index contributed by atoms with van der Waals surface area (Å²) < 4.78 is 10.5. The maximum atomic E-state index is 11.4. The highest BCUT2D eigenvalue weighted by atomic mass is 16.5. The van der Waals surface area contributed by atoms with Crippen LogP contribution in [-0.4, -0.2) is 42.2 Å². The molecule has 3 rings (SSSR count). The molecular formula is C21H22N2O4. The first kappa shape index (κ1) is 18.7. The Morgan fingerprint density at radius 1 is 1.07 bits per heavy atom. The summed E-state index contributed by atoms with van der Waals surface area (Å²) in [6.45, 7) is 1.30. The molecule has 0 amide bonds. The fourth-order valence-electron chi connectivity index (χ4n) is 3.19. The first-order valence-corrected chi connectivity index (χ1v) is 8.53. The molecule has 0 bridgehead atoms. The molecule has 0 spiro atoms. The number of hydrogen-bond donors (Lipinski definition) is 1. The standard InChI is InChI=1S/C21H22N2O4/c1-23(12-14-6-8-18(26-2)17(11-14)21(24)25)13-15-7-9-19(27-3)20-16(15)5-4-10-22-20/h4-11H,12-13H2,1-3H3,(H,24,25). The molecule has 0 fully saturated rings. The van der Waals surface area contributed by atoms with Gasteiger partial charge in [0.15, 0.2) is 0 Å². The van der Waals surface area contributed by atoms with Crippen molar-refractivity contribution in [3.63, 3.8) is 0 Å². The Kier molecular flexibility index (Phi) is 5.57. The Morgan fingerprint density at radius 2 is 1.81 bits per heavy atom. The van der Waals surface area contributed by atoms with Crippen molar-refractivity contribution in [2.75, 3.05) is 21.3 Å². The normalized spacial score (nSPS) is 11.0. The summed E-state index contributed by atoms with van der Waals surface area (Å²) in [5.74, 6) is 0.114. The number of carboxylic acid groups (broad SMARTS) is 1. The first-order chi connectivity index (χ1) is 13.0. The highest BCUT2D eigenvalue weighted by molar-refractivity contribution is 5.91. The largest absolute Gasteiger partial charge is 0.496 e. The van der Waals surface area contributed by atoms with Gasteiger partial charge in [0.1, 0.15) is 22.6 Å². The first-order valence-electron chi connectivity index (χ1n) is 8.53. The maximum Gasteiger partial charge on any atom is 0.339 e. The predicted molar refractivity (Wildman–Crippen MR) is 103 cm³/mol. The van der Waals surface area contributed by atoms with E-state index in [2.05, 4.69) is 9.88 Å². The summed E-state index contributed by atoms with van der Waals surface area (Å²) in [4.78, 5) is 18.0. The predicted octanol–water partition coefficient (Wildman–Crippen LogP) is 3.58. The molecule has 6 heteroatoms. The minimum atomic E-state index is -0.997. The molecule has 0 atom stereocenters. The summed E-state index contributed by atoms with van der Waals surface area (Å²) in [6, 6.07) is 13.1. The molecule has 1 aromatic heterocycles. The molecule has 0 unspecified atom stereocenters. The van der Waals surface area contributed by atoms with Crippen molar-refractivity contribution in [2.45, 2.75) is 13.1 Å². The van der Waals surface area contributed by atoms with E-state index in [1.54, 1.807) is 25.4 Å². The average Bonchev–Trinajstić information content (AvgIpc) is 2.68. The molecule has 6 nitrogen and oxygen atoms in total. The molecule has 140 valence electrons. The Labute approximate surface area is 158 Å². The summed E-state index contributed by atoms with van der Waals surface area (Å²) >= 11 is 0. The van der Waals surface area contributed by atoms with Gasteiger partial charge in [-0.1, -0.05) is 18.2 Å². The summed E-state index contributed by atoms with van der Waals surface area (Å²) in [6.07, 6.45) is 1.75. The Hall–Kier alpha value is -3.12. The zero-order chi connectivity index (χ0) is 19.4. The summed E-state index contributed by atoms with van der Waals surface area (Å²) in [7, 11) is 5.10. The number of aromatic carboxylic acids is 1. The van der Waals surface area contributed by atoms with Gasteiger partial charge < -0.3 is 14.6 Å². The molecular weight excluding hydrogens is 344 g/mol. The highest BCUT2D eigenvalue weighted by Gasteiger charge is 2.13. The lowest BCUT2D eigenvalue weighted by Crippen LogP contribution is -2.18. The topological polar surface area (TPSA) is 71.9 Å². The lowest BCUT2D eigenvalue weighted by molar-refractivity contribution is 0.0693. The third-order valence-electron chi connectivity index (χ3n) is 4.43. The average molecular weight is 366 g/mol. The lowest BCUT2D eigenvalue weighted by Gasteiger charge is -2.19. The van der Waals surface area contributed by atoms with Gasteiger partial charge in [-0.3, -0.25) is 9.88 Å². The second-order valence-corrected chi connectivity index (χ2v) is 6.34. The zero-order valence-corrected chi connectivity index (χ0v) is 15.6. The molecule has 0 aliphatic carbocycles. The molecule has 1 heterocycles. The number of hydrogen-bond acceptors (Lipinski definition) is 5. The van der Waals surface area contributed by atoms with E-state index in [-0.39, 0.29) is 5.56 Å². The van der Waals surface area contributed by atoms with Gasteiger partial charge in [-0.25, -0.2) is 4.79 Å². The molecule has 2 aromatic carbocycles. The van der Waals surface area contributed by atoms with E-state index in [1.807, 2.05) is 37.4 Å². The van der Waals surface area contributed by atoms with Crippen LogP contribution in [0.2, 0.25) is 0 Å². The van der Waals surface area contributed by atoms with Crippen LogP contribution >= 0.6 is 0 Å². The van der Waals surface area contributed by atoms with Crippen LogP contribution in [-0.2, 0) is 13.1 Å².